The van der Waals surface area contributed by atoms with Crippen molar-refractivity contribution >= 4 is 0 Å². The van der Waals surface area contributed by atoms with Crippen LogP contribution in [0, 0.1) is 11.3 Å². The maximum absolute atomic E-state index is 10.8. The number of nitrogens with zero attached hydrogens (tertiary/aromatic N) is 1. The molecule has 0 aliphatic heterocycles. The maximum Gasteiger partial charge on any atom is 0.119 e. The summed E-state index contributed by atoms with van der Waals surface area (Å²) in [5, 5.41) is 19.6. The highest BCUT2D eigenvalue weighted by Crippen LogP contribution is 2.30. The Labute approximate surface area is 125 Å². The van der Waals surface area contributed by atoms with Crippen molar-refractivity contribution in [3.63, 3.8) is 0 Å². The topological polar surface area (TPSA) is 53.2 Å². The molecule has 0 bridgehead atoms. The summed E-state index contributed by atoms with van der Waals surface area (Å²) in [5.41, 5.74) is 1.00. The van der Waals surface area contributed by atoms with Crippen molar-refractivity contribution < 1.29 is 9.84 Å². The average Bonchev–Trinajstić information content (AvgIpc) is 2.47. The van der Waals surface area contributed by atoms with Crippen molar-refractivity contribution in [2.45, 2.75) is 32.5 Å². The first-order valence-corrected chi connectivity index (χ1v) is 6.93. The van der Waals surface area contributed by atoms with Gasteiger partial charge in [0.1, 0.15) is 11.4 Å². The van der Waals surface area contributed by atoms with Crippen molar-refractivity contribution in [3.05, 3.63) is 65.2 Å². The summed E-state index contributed by atoms with van der Waals surface area (Å²) in [6.07, 6.45) is 0.120. The third-order valence-corrected chi connectivity index (χ3v) is 3.36. The molecule has 0 amide bonds. The number of hydrogen-bond acceptors (Lipinski definition) is 3. The van der Waals surface area contributed by atoms with E-state index >= 15 is 0 Å². The molecule has 108 valence electrons. The van der Waals surface area contributed by atoms with Crippen LogP contribution in [0.1, 0.15) is 37.5 Å². The fourth-order valence-electron chi connectivity index (χ4n) is 2.17. The fraction of sp³-hybridized carbons (Fsp3) is 0.278. The van der Waals surface area contributed by atoms with Crippen LogP contribution in [0.15, 0.2) is 48.5 Å². The van der Waals surface area contributed by atoms with E-state index in [1.54, 1.807) is 31.2 Å². The minimum atomic E-state index is -1.11. The average molecular weight is 281 g/mol. The van der Waals surface area contributed by atoms with E-state index in [4.69, 9.17) is 10.00 Å². The molecule has 0 saturated heterocycles. The smallest absolute Gasteiger partial charge is 0.119 e. The van der Waals surface area contributed by atoms with Crippen LogP contribution in [0.2, 0.25) is 0 Å². The van der Waals surface area contributed by atoms with Crippen LogP contribution in [-0.2, 0) is 5.60 Å². The van der Waals surface area contributed by atoms with Crippen molar-refractivity contribution in [1.82, 2.24) is 0 Å². The standard InChI is InChI=1S/C18H19NO2/c1-13(2)21-17-10-8-16(9-11-17)18(3,20)15-6-4-14(12-19)5-7-15/h4-11,13,20H,1-3H3. The molecular formula is C18H19NO2. The van der Waals surface area contributed by atoms with Crippen molar-refractivity contribution in [2.75, 3.05) is 0 Å². The van der Waals surface area contributed by atoms with Crippen molar-refractivity contribution in [3.8, 4) is 11.8 Å². The number of aliphatic hydroxyl groups is 1. The molecule has 0 aromatic heterocycles. The molecule has 1 N–H and O–H groups in total. The molecule has 0 heterocycles. The number of rotatable bonds is 4. The zero-order valence-electron chi connectivity index (χ0n) is 12.5. The van der Waals surface area contributed by atoms with Crippen LogP contribution in [0.4, 0.5) is 0 Å². The maximum atomic E-state index is 10.8. The van der Waals surface area contributed by atoms with Gasteiger partial charge in [0.15, 0.2) is 0 Å². The Balaban J connectivity index is 2.27. The molecule has 0 saturated carbocycles. The van der Waals surface area contributed by atoms with Gasteiger partial charge >= 0.3 is 0 Å². The second-order valence-corrected chi connectivity index (χ2v) is 5.45. The Morgan fingerprint density at radius 2 is 1.48 bits per heavy atom. The molecule has 21 heavy (non-hydrogen) atoms. The molecule has 0 fully saturated rings. The third-order valence-electron chi connectivity index (χ3n) is 3.36. The highest BCUT2D eigenvalue weighted by atomic mass is 16.5. The molecule has 0 aliphatic rings. The normalized spacial score (nSPS) is 13.5. The molecule has 1 unspecified atom stereocenters. The monoisotopic (exact) mass is 281 g/mol. The van der Waals surface area contributed by atoms with Crippen LogP contribution in [0.5, 0.6) is 5.75 Å². The lowest BCUT2D eigenvalue weighted by Gasteiger charge is -2.25. The van der Waals surface area contributed by atoms with Gasteiger partial charge in [0.2, 0.25) is 0 Å². The summed E-state index contributed by atoms with van der Waals surface area (Å²) in [7, 11) is 0. The lowest BCUT2D eigenvalue weighted by atomic mass is 9.88. The van der Waals surface area contributed by atoms with Gasteiger partial charge in [0, 0.05) is 0 Å². The molecule has 0 radical (unpaired) electrons. The van der Waals surface area contributed by atoms with E-state index in [0.717, 1.165) is 16.9 Å². The zero-order chi connectivity index (χ0) is 15.5. The Kier molecular flexibility index (Phi) is 4.30. The van der Waals surface area contributed by atoms with Crippen LogP contribution in [0.3, 0.4) is 0 Å². The van der Waals surface area contributed by atoms with Gasteiger partial charge < -0.3 is 9.84 Å². The summed E-state index contributed by atoms with van der Waals surface area (Å²) in [4.78, 5) is 0. The predicted octanol–water partition coefficient (Wildman–Crippen LogP) is 3.60. The first kappa shape index (κ1) is 15.1. The summed E-state index contributed by atoms with van der Waals surface area (Å²) in [6.45, 7) is 5.69. The summed E-state index contributed by atoms with van der Waals surface area (Å²) < 4.78 is 5.60. The van der Waals surface area contributed by atoms with Gasteiger partial charge in [0.25, 0.3) is 0 Å². The van der Waals surface area contributed by atoms with Crippen LogP contribution in [0.25, 0.3) is 0 Å². The Morgan fingerprint density at radius 1 is 1.00 bits per heavy atom. The highest BCUT2D eigenvalue weighted by Gasteiger charge is 2.25. The summed E-state index contributed by atoms with van der Waals surface area (Å²) in [6, 6.07) is 16.5. The molecule has 2 rings (SSSR count). The molecule has 2 aromatic carbocycles. The second kappa shape index (κ2) is 5.99. The summed E-state index contributed by atoms with van der Waals surface area (Å²) >= 11 is 0. The Hall–Kier alpha value is -2.31. The molecular weight excluding hydrogens is 262 g/mol. The Bertz CT molecular complexity index is 634. The zero-order valence-corrected chi connectivity index (χ0v) is 12.5. The highest BCUT2D eigenvalue weighted by molar-refractivity contribution is 5.40. The molecule has 0 aliphatic carbocycles. The van der Waals surface area contributed by atoms with E-state index in [2.05, 4.69) is 6.07 Å². The minimum Gasteiger partial charge on any atom is -0.491 e. The molecule has 1 atom stereocenters. The van der Waals surface area contributed by atoms with Crippen LogP contribution < -0.4 is 4.74 Å². The van der Waals surface area contributed by atoms with Crippen molar-refractivity contribution in [1.29, 1.82) is 5.26 Å². The van der Waals surface area contributed by atoms with Gasteiger partial charge in [-0.3, -0.25) is 0 Å². The van der Waals surface area contributed by atoms with E-state index in [9.17, 15) is 5.11 Å². The molecule has 0 spiro atoms. The van der Waals surface area contributed by atoms with Gasteiger partial charge in [-0.25, -0.2) is 0 Å². The largest absolute Gasteiger partial charge is 0.491 e. The number of nitriles is 1. The second-order valence-electron chi connectivity index (χ2n) is 5.45. The van der Waals surface area contributed by atoms with E-state index in [0.29, 0.717) is 5.56 Å². The van der Waals surface area contributed by atoms with E-state index in [1.165, 1.54) is 0 Å². The van der Waals surface area contributed by atoms with E-state index < -0.39 is 5.60 Å². The number of hydrogen-bond donors (Lipinski definition) is 1. The number of benzene rings is 2. The quantitative estimate of drug-likeness (QED) is 0.931. The predicted molar refractivity (Wildman–Crippen MR) is 82.0 cm³/mol. The lowest BCUT2D eigenvalue weighted by Crippen LogP contribution is -2.22. The summed E-state index contributed by atoms with van der Waals surface area (Å²) in [5.74, 6) is 0.782. The molecule has 2 aromatic rings. The van der Waals surface area contributed by atoms with Crippen molar-refractivity contribution in [2.24, 2.45) is 0 Å². The first-order valence-electron chi connectivity index (χ1n) is 6.93. The van der Waals surface area contributed by atoms with Gasteiger partial charge in [0.05, 0.1) is 17.7 Å². The minimum absolute atomic E-state index is 0.120. The Morgan fingerprint density at radius 3 is 1.90 bits per heavy atom. The third kappa shape index (κ3) is 3.42. The van der Waals surface area contributed by atoms with Gasteiger partial charge in [-0.15, -0.1) is 0 Å². The lowest BCUT2D eigenvalue weighted by molar-refractivity contribution is 0.102. The fourth-order valence-corrected chi connectivity index (χ4v) is 2.17. The van der Waals surface area contributed by atoms with E-state index in [1.807, 2.05) is 38.1 Å². The molecule has 3 heteroatoms. The molecule has 3 nitrogen and oxygen atoms in total. The van der Waals surface area contributed by atoms with Crippen LogP contribution >= 0.6 is 0 Å². The number of ether oxygens (including phenoxy) is 1. The van der Waals surface area contributed by atoms with Gasteiger partial charge in [-0.2, -0.15) is 5.26 Å². The SMILES string of the molecule is CC(C)Oc1ccc(C(C)(O)c2ccc(C#N)cc2)cc1. The van der Waals surface area contributed by atoms with Crippen LogP contribution in [-0.4, -0.2) is 11.2 Å². The van der Waals surface area contributed by atoms with Gasteiger partial charge in [-0.05, 0) is 56.2 Å². The van der Waals surface area contributed by atoms with E-state index in [-0.39, 0.29) is 6.10 Å². The first-order chi connectivity index (χ1) is 9.93. The van der Waals surface area contributed by atoms with Gasteiger partial charge in [-0.1, -0.05) is 24.3 Å².